The molecule has 1 N–H and O–H groups in total. The van der Waals surface area contributed by atoms with Gasteiger partial charge in [-0.1, -0.05) is 42.1 Å². The highest BCUT2D eigenvalue weighted by molar-refractivity contribution is 7.98. The molecule has 0 fully saturated rings. The Kier molecular flexibility index (Phi) is 5.25. The van der Waals surface area contributed by atoms with Crippen molar-refractivity contribution in [3.05, 3.63) is 53.9 Å². The van der Waals surface area contributed by atoms with E-state index in [0.29, 0.717) is 11.6 Å². The first-order valence-electron chi connectivity index (χ1n) is 6.00. The number of thioether (sulfide) groups is 1. The zero-order chi connectivity index (χ0) is 14.2. The molecule has 0 bridgehead atoms. The number of hydrogen-bond acceptors (Lipinski definition) is 5. The average Bonchev–Trinajstić information content (AvgIpc) is 2.49. The van der Waals surface area contributed by atoms with Gasteiger partial charge >= 0.3 is 0 Å². The maximum Gasteiger partial charge on any atom is 0.244 e. The zero-order valence-corrected chi connectivity index (χ0v) is 11.8. The molecule has 0 aliphatic heterocycles. The van der Waals surface area contributed by atoms with Gasteiger partial charge in [-0.25, -0.2) is 15.4 Å². The van der Waals surface area contributed by atoms with E-state index < -0.39 is 0 Å². The Balaban J connectivity index is 1.84. The highest BCUT2D eigenvalue weighted by atomic mass is 32.2. The number of nitrogens with zero attached hydrogens (tertiary/aromatic N) is 3. The van der Waals surface area contributed by atoms with Gasteiger partial charge in [0.2, 0.25) is 5.91 Å². The predicted molar refractivity (Wildman–Crippen MR) is 79.7 cm³/mol. The van der Waals surface area contributed by atoms with Crippen molar-refractivity contribution in [3.8, 4) is 0 Å². The molecule has 0 aliphatic carbocycles. The number of rotatable bonds is 5. The largest absolute Gasteiger partial charge is 0.273 e. The Morgan fingerprint density at radius 3 is 2.65 bits per heavy atom. The SMILES string of the molecule is CSc1ncc(/C=N\NC(=O)Cc2ccccc2)cn1. The van der Waals surface area contributed by atoms with Gasteiger partial charge in [0, 0.05) is 18.0 Å². The number of amides is 1. The number of carbonyl (C=O) groups excluding carboxylic acids is 1. The van der Waals surface area contributed by atoms with E-state index in [-0.39, 0.29) is 5.91 Å². The van der Waals surface area contributed by atoms with Crippen LogP contribution in [0.1, 0.15) is 11.1 Å². The first kappa shape index (κ1) is 14.2. The molecule has 6 heteroatoms. The molecule has 0 radical (unpaired) electrons. The number of hydrogen-bond donors (Lipinski definition) is 1. The first-order valence-corrected chi connectivity index (χ1v) is 7.22. The summed E-state index contributed by atoms with van der Waals surface area (Å²) in [7, 11) is 0. The molecule has 0 saturated carbocycles. The van der Waals surface area contributed by atoms with Crippen molar-refractivity contribution in [2.45, 2.75) is 11.6 Å². The Morgan fingerprint density at radius 2 is 2.00 bits per heavy atom. The summed E-state index contributed by atoms with van der Waals surface area (Å²) in [6, 6.07) is 9.52. The lowest BCUT2D eigenvalue weighted by molar-refractivity contribution is -0.120. The minimum Gasteiger partial charge on any atom is -0.273 e. The van der Waals surface area contributed by atoms with Crippen LogP contribution < -0.4 is 5.43 Å². The van der Waals surface area contributed by atoms with Gasteiger partial charge in [-0.05, 0) is 11.8 Å². The lowest BCUT2D eigenvalue weighted by Gasteiger charge is -2.00. The molecule has 1 aromatic heterocycles. The molecule has 0 spiro atoms. The second kappa shape index (κ2) is 7.40. The van der Waals surface area contributed by atoms with Crippen LogP contribution in [-0.2, 0) is 11.2 Å². The van der Waals surface area contributed by atoms with Gasteiger partial charge in [-0.3, -0.25) is 4.79 Å². The maximum atomic E-state index is 11.6. The van der Waals surface area contributed by atoms with Crippen molar-refractivity contribution in [1.29, 1.82) is 0 Å². The van der Waals surface area contributed by atoms with Crippen LogP contribution in [0.3, 0.4) is 0 Å². The normalized spacial score (nSPS) is 10.7. The smallest absolute Gasteiger partial charge is 0.244 e. The van der Waals surface area contributed by atoms with Crippen molar-refractivity contribution >= 4 is 23.9 Å². The van der Waals surface area contributed by atoms with Crippen LogP contribution in [0, 0.1) is 0 Å². The number of aromatic nitrogens is 2. The number of benzene rings is 1. The lowest BCUT2D eigenvalue weighted by atomic mass is 10.1. The third kappa shape index (κ3) is 4.47. The van der Waals surface area contributed by atoms with E-state index in [9.17, 15) is 4.79 Å². The molecule has 0 unspecified atom stereocenters. The van der Waals surface area contributed by atoms with Gasteiger partial charge < -0.3 is 0 Å². The van der Waals surface area contributed by atoms with Gasteiger partial charge in [0.15, 0.2) is 5.16 Å². The number of hydrazone groups is 1. The van der Waals surface area contributed by atoms with Crippen molar-refractivity contribution in [1.82, 2.24) is 15.4 Å². The zero-order valence-electron chi connectivity index (χ0n) is 11.0. The standard InChI is InChI=1S/C14H14N4OS/c1-20-14-15-8-12(9-16-14)10-17-18-13(19)7-11-5-3-2-4-6-11/h2-6,8-10H,7H2,1H3,(H,18,19)/b17-10-. The summed E-state index contributed by atoms with van der Waals surface area (Å²) < 4.78 is 0. The molecular weight excluding hydrogens is 272 g/mol. The van der Waals surface area contributed by atoms with Crippen molar-refractivity contribution in [2.75, 3.05) is 6.26 Å². The molecule has 20 heavy (non-hydrogen) atoms. The molecule has 102 valence electrons. The van der Waals surface area contributed by atoms with Crippen LogP contribution in [0.15, 0.2) is 53.0 Å². The number of carbonyl (C=O) groups is 1. The quantitative estimate of drug-likeness (QED) is 0.394. The predicted octanol–water partition coefficient (Wildman–Crippen LogP) is 1.89. The van der Waals surface area contributed by atoms with E-state index in [2.05, 4.69) is 20.5 Å². The van der Waals surface area contributed by atoms with Gasteiger partial charge in [-0.2, -0.15) is 5.10 Å². The molecule has 5 nitrogen and oxygen atoms in total. The molecule has 1 amide bonds. The monoisotopic (exact) mass is 286 g/mol. The average molecular weight is 286 g/mol. The second-order valence-corrected chi connectivity index (χ2v) is 4.73. The minimum absolute atomic E-state index is 0.158. The van der Waals surface area contributed by atoms with Crippen molar-refractivity contribution in [2.24, 2.45) is 5.10 Å². The summed E-state index contributed by atoms with van der Waals surface area (Å²) in [4.78, 5) is 19.9. The Labute approximate surface area is 121 Å². The van der Waals surface area contributed by atoms with Crippen molar-refractivity contribution in [3.63, 3.8) is 0 Å². The molecule has 1 aromatic carbocycles. The maximum absolute atomic E-state index is 11.6. The van der Waals surface area contributed by atoms with Crippen LogP contribution in [0.5, 0.6) is 0 Å². The van der Waals surface area contributed by atoms with Gasteiger partial charge in [0.1, 0.15) is 0 Å². The van der Waals surface area contributed by atoms with E-state index in [1.807, 2.05) is 36.6 Å². The highest BCUT2D eigenvalue weighted by Gasteiger charge is 2.00. The summed E-state index contributed by atoms with van der Waals surface area (Å²) in [6.45, 7) is 0. The molecule has 2 aromatic rings. The van der Waals surface area contributed by atoms with E-state index in [1.54, 1.807) is 12.4 Å². The Hall–Kier alpha value is -2.21. The molecule has 0 saturated heterocycles. The molecule has 2 rings (SSSR count). The number of nitrogens with one attached hydrogen (secondary N) is 1. The van der Waals surface area contributed by atoms with Crippen LogP contribution in [0.25, 0.3) is 0 Å². The summed E-state index contributed by atoms with van der Waals surface area (Å²) in [6.07, 6.45) is 7.05. The van der Waals surface area contributed by atoms with E-state index in [0.717, 1.165) is 11.1 Å². The second-order valence-electron chi connectivity index (χ2n) is 3.96. The van der Waals surface area contributed by atoms with Crippen molar-refractivity contribution < 1.29 is 4.79 Å². The fraction of sp³-hybridized carbons (Fsp3) is 0.143. The molecule has 0 atom stereocenters. The van der Waals surface area contributed by atoms with E-state index >= 15 is 0 Å². The molecular formula is C14H14N4OS. The topological polar surface area (TPSA) is 67.2 Å². The van der Waals surface area contributed by atoms with Crippen LogP contribution >= 0.6 is 11.8 Å². The Bertz CT molecular complexity index is 584. The molecule has 1 heterocycles. The Morgan fingerprint density at radius 1 is 1.30 bits per heavy atom. The fourth-order valence-electron chi connectivity index (χ4n) is 1.50. The first-order chi connectivity index (χ1) is 9.78. The third-order valence-electron chi connectivity index (χ3n) is 2.44. The van der Waals surface area contributed by atoms with Crippen LogP contribution in [0.2, 0.25) is 0 Å². The minimum atomic E-state index is -0.158. The van der Waals surface area contributed by atoms with Gasteiger partial charge in [-0.15, -0.1) is 0 Å². The lowest BCUT2D eigenvalue weighted by Crippen LogP contribution is -2.19. The molecule has 0 aliphatic rings. The van der Waals surface area contributed by atoms with Crippen LogP contribution in [0.4, 0.5) is 0 Å². The van der Waals surface area contributed by atoms with Gasteiger partial charge in [0.25, 0.3) is 0 Å². The summed E-state index contributed by atoms with van der Waals surface area (Å²) in [5.41, 5.74) is 4.17. The van der Waals surface area contributed by atoms with E-state index in [4.69, 9.17) is 0 Å². The summed E-state index contributed by atoms with van der Waals surface area (Å²) >= 11 is 1.47. The van der Waals surface area contributed by atoms with Crippen LogP contribution in [-0.4, -0.2) is 28.3 Å². The third-order valence-corrected chi connectivity index (χ3v) is 3.02. The summed E-state index contributed by atoms with van der Waals surface area (Å²) in [5, 5.41) is 4.59. The fourth-order valence-corrected chi connectivity index (χ4v) is 1.81. The van der Waals surface area contributed by atoms with E-state index in [1.165, 1.54) is 18.0 Å². The summed E-state index contributed by atoms with van der Waals surface area (Å²) in [5.74, 6) is -0.158. The van der Waals surface area contributed by atoms with Gasteiger partial charge in [0.05, 0.1) is 12.6 Å². The highest BCUT2D eigenvalue weighted by Crippen LogP contribution is 2.05.